The van der Waals surface area contributed by atoms with Crippen LogP contribution in [0.15, 0.2) is 33.9 Å². The van der Waals surface area contributed by atoms with Crippen LogP contribution in [-0.2, 0) is 58.3 Å². The fourth-order valence-electron chi connectivity index (χ4n) is 7.24. The number of hydrogen-bond donors (Lipinski definition) is 1. The molecule has 9 rings (SSSR count). The number of aromatic nitrogens is 4. The summed E-state index contributed by atoms with van der Waals surface area (Å²) in [5, 5.41) is 7.35. The van der Waals surface area contributed by atoms with Crippen molar-refractivity contribution >= 4 is 23.6 Å². The third kappa shape index (κ3) is 10.1. The first-order chi connectivity index (χ1) is 25.9. The molecule has 0 spiro atoms. The molecule has 3 saturated carbocycles. The zero-order valence-corrected chi connectivity index (χ0v) is 35.7. The van der Waals surface area contributed by atoms with Crippen molar-refractivity contribution in [2.45, 2.75) is 147 Å². The van der Waals surface area contributed by atoms with Crippen LogP contribution in [0.25, 0.3) is 0 Å². The summed E-state index contributed by atoms with van der Waals surface area (Å²) in [5.74, 6) is 3.43. The Morgan fingerprint density at radius 3 is 1.64 bits per heavy atom. The van der Waals surface area contributed by atoms with E-state index >= 15 is 0 Å². The Morgan fingerprint density at radius 2 is 1.14 bits per heavy atom. The highest BCUT2D eigenvalue weighted by Crippen LogP contribution is 2.57. The molecule has 3 aliphatic carbocycles. The minimum Gasteiger partial charge on any atom is -0.448 e. The average molecular weight is 777 g/mol. The van der Waals surface area contributed by atoms with Crippen molar-refractivity contribution < 1.29 is 28.0 Å². The molecular weight excluding hydrogens is 713 g/mol. The zero-order chi connectivity index (χ0) is 41.4. The van der Waals surface area contributed by atoms with Crippen molar-refractivity contribution in [3.05, 3.63) is 53.7 Å². The second kappa shape index (κ2) is 15.8. The summed E-state index contributed by atoms with van der Waals surface area (Å²) in [7, 11) is 0. The van der Waals surface area contributed by atoms with Crippen LogP contribution in [0, 0.1) is 27.6 Å². The molecule has 3 aromatic heterocycles. The summed E-state index contributed by atoms with van der Waals surface area (Å²) in [6, 6.07) is 1.97. The summed E-state index contributed by atoms with van der Waals surface area (Å²) in [6.07, 6.45) is 9.15. The molecule has 308 valence electrons. The topological polar surface area (TPSA) is 160 Å². The Balaban J connectivity index is 0.000000143. The fourth-order valence-corrected chi connectivity index (χ4v) is 7.24. The van der Waals surface area contributed by atoms with Crippen molar-refractivity contribution in [1.29, 1.82) is 0 Å². The first-order valence-electron chi connectivity index (χ1n) is 19.9. The number of carbonyl (C=O) groups is 4. The highest BCUT2D eigenvalue weighted by atomic mass is 16.3. The molecule has 3 fully saturated rings. The van der Waals surface area contributed by atoms with Crippen LogP contribution in [0.4, 0.5) is 0 Å². The molecule has 0 unspecified atom stereocenters. The maximum absolute atomic E-state index is 12.0. The van der Waals surface area contributed by atoms with Crippen LogP contribution in [0.1, 0.15) is 131 Å². The summed E-state index contributed by atoms with van der Waals surface area (Å²) >= 11 is 0. The Hall–Kier alpha value is -4.49. The van der Waals surface area contributed by atoms with E-state index in [1.807, 2.05) is 104 Å². The maximum Gasteiger partial charge on any atom is 0.228 e. The predicted molar refractivity (Wildman–Crippen MR) is 210 cm³/mol. The molecule has 0 radical (unpaired) electrons. The van der Waals surface area contributed by atoms with Crippen LogP contribution in [0.2, 0.25) is 0 Å². The van der Waals surface area contributed by atoms with Crippen molar-refractivity contribution in [1.82, 2.24) is 39.8 Å². The summed E-state index contributed by atoms with van der Waals surface area (Å²) in [5.41, 5.74) is 2.00. The second-order valence-corrected chi connectivity index (χ2v) is 20.1. The second-order valence-electron chi connectivity index (χ2n) is 20.1. The van der Waals surface area contributed by atoms with Gasteiger partial charge in [0.1, 0.15) is 22.9 Å². The van der Waals surface area contributed by atoms with E-state index in [1.165, 1.54) is 32.0 Å². The SMILES string of the molecule is CC(C)(C)C(=O)N1CCc2ocnc2C1.CC(C)(C)C(=O)N1CCn2nccc2C1.CC(C)(C)C(=O)N1Cc2ncoc2C1.CC(C)(C)C(=O)NC12CC(C1)C2. The third-order valence-electron chi connectivity index (χ3n) is 10.7. The lowest BCUT2D eigenvalue weighted by molar-refractivity contribution is -0.141. The normalized spacial score (nSPS) is 20.9. The van der Waals surface area contributed by atoms with E-state index < -0.39 is 0 Å². The Bertz CT molecular complexity index is 1770. The van der Waals surface area contributed by atoms with Gasteiger partial charge in [-0.2, -0.15) is 5.10 Å². The molecule has 3 aliphatic heterocycles. The first-order valence-corrected chi connectivity index (χ1v) is 19.9. The van der Waals surface area contributed by atoms with Crippen LogP contribution in [0.5, 0.6) is 0 Å². The standard InChI is InChI=1S/C11H17N3O.C11H16N2O2.C10H14N2O2.C10H17NO/c1-11(2,3)10(15)13-6-7-14-9(8-13)4-5-12-14;1-11(2,3)10(14)13-5-4-9-8(6-13)12-7-15-9;1-10(2,3)9(13)12-4-7-8(5-12)14-6-11-7;1-9(2,3)8(12)11-10-4-7(5-10)6-10/h4-5H,6-8H2,1-3H3;7H,4-6H2,1-3H3;6H,4-5H2,1-3H3;7H,4-6H2,1-3H3,(H,11,12). The molecule has 4 amide bonds. The molecule has 6 aliphatic rings. The highest BCUT2D eigenvalue weighted by molar-refractivity contribution is 5.83. The molecule has 0 atom stereocenters. The molecule has 2 bridgehead atoms. The van der Waals surface area contributed by atoms with E-state index in [4.69, 9.17) is 8.83 Å². The van der Waals surface area contributed by atoms with E-state index in [9.17, 15) is 19.2 Å². The lowest BCUT2D eigenvalue weighted by Gasteiger charge is -2.62. The van der Waals surface area contributed by atoms with E-state index in [0.717, 1.165) is 60.6 Å². The van der Waals surface area contributed by atoms with Gasteiger partial charge in [0, 0.05) is 52.9 Å². The fraction of sp³-hybridized carbons (Fsp3) is 0.690. The van der Waals surface area contributed by atoms with Crippen LogP contribution < -0.4 is 5.32 Å². The van der Waals surface area contributed by atoms with Gasteiger partial charge in [0.05, 0.1) is 38.4 Å². The quantitative estimate of drug-likeness (QED) is 0.306. The molecule has 0 aromatic carbocycles. The summed E-state index contributed by atoms with van der Waals surface area (Å²) in [4.78, 5) is 61.2. The lowest BCUT2D eigenvalue weighted by atomic mass is 9.50. The smallest absolute Gasteiger partial charge is 0.228 e. The Kier molecular flexibility index (Phi) is 12.0. The minimum absolute atomic E-state index is 0.144. The van der Waals surface area contributed by atoms with Crippen molar-refractivity contribution in [2.24, 2.45) is 27.6 Å². The summed E-state index contributed by atoms with van der Waals surface area (Å²) < 4.78 is 12.3. The molecule has 14 nitrogen and oxygen atoms in total. The van der Waals surface area contributed by atoms with E-state index in [2.05, 4.69) is 20.4 Å². The predicted octanol–water partition coefficient (Wildman–Crippen LogP) is 6.14. The largest absolute Gasteiger partial charge is 0.448 e. The molecule has 1 N–H and O–H groups in total. The van der Waals surface area contributed by atoms with E-state index in [-0.39, 0.29) is 50.8 Å². The van der Waals surface area contributed by atoms with Crippen molar-refractivity contribution in [2.75, 3.05) is 13.1 Å². The lowest BCUT2D eigenvalue weighted by Crippen LogP contribution is -2.69. The molecule has 56 heavy (non-hydrogen) atoms. The molecule has 0 saturated heterocycles. The van der Waals surface area contributed by atoms with Gasteiger partial charge in [-0.1, -0.05) is 83.1 Å². The number of rotatable bonds is 1. The van der Waals surface area contributed by atoms with Gasteiger partial charge >= 0.3 is 0 Å². The van der Waals surface area contributed by atoms with E-state index in [1.54, 1.807) is 11.1 Å². The number of oxazole rings is 2. The van der Waals surface area contributed by atoms with Gasteiger partial charge in [-0.25, -0.2) is 9.97 Å². The Morgan fingerprint density at radius 1 is 0.643 bits per heavy atom. The molecule has 6 heterocycles. The first kappa shape index (κ1) is 42.6. The van der Waals surface area contributed by atoms with Crippen molar-refractivity contribution in [3.63, 3.8) is 0 Å². The van der Waals surface area contributed by atoms with Gasteiger partial charge in [0.2, 0.25) is 23.6 Å². The number of nitrogens with zero attached hydrogens (tertiary/aromatic N) is 7. The highest BCUT2D eigenvalue weighted by Gasteiger charge is 2.57. The summed E-state index contributed by atoms with van der Waals surface area (Å²) in [6.45, 7) is 28.1. The van der Waals surface area contributed by atoms with Crippen LogP contribution >= 0.6 is 0 Å². The number of fused-ring (bicyclic) bond motifs is 3. The number of amides is 4. The van der Waals surface area contributed by atoms with Gasteiger partial charge in [0.25, 0.3) is 0 Å². The van der Waals surface area contributed by atoms with Gasteiger partial charge in [-0.15, -0.1) is 0 Å². The number of hydrogen-bond acceptors (Lipinski definition) is 9. The minimum atomic E-state index is -0.330. The van der Waals surface area contributed by atoms with E-state index in [0.29, 0.717) is 26.2 Å². The number of carbonyl (C=O) groups excluding carboxylic acids is 4. The zero-order valence-electron chi connectivity index (χ0n) is 35.7. The van der Waals surface area contributed by atoms with Gasteiger partial charge in [-0.05, 0) is 31.2 Å². The van der Waals surface area contributed by atoms with Crippen LogP contribution in [0.3, 0.4) is 0 Å². The molecule has 3 aromatic rings. The Labute approximate surface area is 332 Å². The maximum atomic E-state index is 12.0. The van der Waals surface area contributed by atoms with Crippen LogP contribution in [-0.4, -0.2) is 76.7 Å². The van der Waals surface area contributed by atoms with Gasteiger partial charge in [-0.3, -0.25) is 23.9 Å². The number of nitrogens with one attached hydrogen (secondary N) is 1. The monoisotopic (exact) mass is 776 g/mol. The van der Waals surface area contributed by atoms with Gasteiger partial charge < -0.3 is 28.9 Å². The van der Waals surface area contributed by atoms with Crippen molar-refractivity contribution in [3.8, 4) is 0 Å². The third-order valence-corrected chi connectivity index (χ3v) is 10.7. The average Bonchev–Trinajstić information content (AvgIpc) is 3.88. The van der Waals surface area contributed by atoms with Gasteiger partial charge in [0.15, 0.2) is 12.8 Å². The molecular formula is C42H64N8O6. The molecule has 14 heteroatoms.